The first kappa shape index (κ1) is 24.0. The van der Waals surface area contributed by atoms with E-state index >= 15 is 0 Å². The summed E-state index contributed by atoms with van der Waals surface area (Å²) >= 11 is 6.02. The van der Waals surface area contributed by atoms with Gasteiger partial charge in [0, 0.05) is 36.8 Å². The highest BCUT2D eigenvalue weighted by Crippen LogP contribution is 2.32. The minimum Gasteiger partial charge on any atom is -0.493 e. The van der Waals surface area contributed by atoms with E-state index in [1.807, 2.05) is 13.8 Å². The second-order valence-electron chi connectivity index (χ2n) is 7.14. The Morgan fingerprint density at radius 1 is 1.11 bits per heavy atom. The molecule has 0 aliphatic carbocycles. The van der Waals surface area contributed by atoms with E-state index in [1.54, 1.807) is 30.6 Å². The minimum absolute atomic E-state index is 0.0753. The summed E-state index contributed by atoms with van der Waals surface area (Å²) in [7, 11) is 1.31. The summed E-state index contributed by atoms with van der Waals surface area (Å²) in [5.41, 5.74) is -0.269. The summed E-state index contributed by atoms with van der Waals surface area (Å²) in [6.45, 7) is 12.2. The average molecular weight is 417 g/mol. The number of carbonyl (C=O) groups is 2. The highest BCUT2D eigenvalue weighted by atomic mass is 35.5. The molecule has 1 aliphatic rings. The smallest absolute Gasteiger partial charge is 0.410 e. The number of nitrogens with zero attached hydrogens (tertiary/aromatic N) is 2. The highest BCUT2D eigenvalue weighted by molar-refractivity contribution is 6.31. The van der Waals surface area contributed by atoms with Crippen LogP contribution in [0.2, 0.25) is 5.02 Å². The first-order chi connectivity index (χ1) is 13.0. The topological polar surface area (TPSA) is 59.1 Å². The standard InChI is InChI=1S/C18H24ClFN2O4.C2H6/c1-11-13(19)10-12(15(25-5)14(11)20)16(23)21-6-8-22(9-7-21)17(24)26-18(2,3)4;1-2/h10H,6-9H2,1-5H3;1-2H3. The fourth-order valence-electron chi connectivity index (χ4n) is 2.64. The summed E-state index contributed by atoms with van der Waals surface area (Å²) in [5, 5.41) is 0.166. The normalized spacial score (nSPS) is 14.2. The van der Waals surface area contributed by atoms with Crippen molar-refractivity contribution >= 4 is 23.6 Å². The third kappa shape index (κ3) is 5.74. The van der Waals surface area contributed by atoms with Crippen LogP contribution in [-0.2, 0) is 4.74 Å². The number of ether oxygens (including phenoxy) is 2. The maximum atomic E-state index is 14.3. The Labute approximate surface area is 171 Å². The predicted octanol–water partition coefficient (Wildman–Crippen LogP) is 4.52. The number of benzene rings is 1. The average Bonchev–Trinajstić information content (AvgIpc) is 2.65. The number of piperazine rings is 1. The molecule has 0 N–H and O–H groups in total. The molecule has 0 radical (unpaired) electrons. The molecular formula is C20H30ClFN2O4. The molecule has 1 aromatic rings. The SMILES string of the molecule is CC.COc1c(C(=O)N2CCN(C(=O)OC(C)(C)C)CC2)cc(Cl)c(C)c1F. The zero-order valence-electron chi connectivity index (χ0n) is 17.7. The van der Waals surface area contributed by atoms with Crippen molar-refractivity contribution in [1.82, 2.24) is 9.80 Å². The largest absolute Gasteiger partial charge is 0.493 e. The van der Waals surface area contributed by atoms with Crippen LogP contribution in [0.3, 0.4) is 0 Å². The fraction of sp³-hybridized carbons (Fsp3) is 0.600. The van der Waals surface area contributed by atoms with Crippen LogP contribution in [0.5, 0.6) is 5.75 Å². The maximum Gasteiger partial charge on any atom is 0.410 e. The molecule has 1 fully saturated rings. The minimum atomic E-state index is -0.643. The van der Waals surface area contributed by atoms with Crippen LogP contribution in [0.25, 0.3) is 0 Å². The van der Waals surface area contributed by atoms with Gasteiger partial charge < -0.3 is 19.3 Å². The van der Waals surface area contributed by atoms with Gasteiger partial charge >= 0.3 is 6.09 Å². The molecule has 1 heterocycles. The third-order valence-corrected chi connectivity index (χ3v) is 4.45. The van der Waals surface area contributed by atoms with Gasteiger partial charge in [-0.2, -0.15) is 0 Å². The Bertz CT molecular complexity index is 711. The van der Waals surface area contributed by atoms with Gasteiger partial charge in [0.1, 0.15) is 5.60 Å². The van der Waals surface area contributed by atoms with Gasteiger partial charge in [-0.05, 0) is 33.8 Å². The first-order valence-corrected chi connectivity index (χ1v) is 9.72. The Morgan fingerprint density at radius 2 is 1.61 bits per heavy atom. The Kier molecular flexibility index (Phi) is 8.54. The lowest BCUT2D eigenvalue weighted by Crippen LogP contribution is -2.51. The van der Waals surface area contributed by atoms with Crippen LogP contribution in [0.4, 0.5) is 9.18 Å². The van der Waals surface area contributed by atoms with E-state index < -0.39 is 17.5 Å². The van der Waals surface area contributed by atoms with Crippen LogP contribution in [0.1, 0.15) is 50.5 Å². The third-order valence-electron chi connectivity index (χ3n) is 4.06. The van der Waals surface area contributed by atoms with Gasteiger partial charge in [-0.3, -0.25) is 4.79 Å². The molecule has 1 aliphatic heterocycles. The maximum absolute atomic E-state index is 14.3. The lowest BCUT2D eigenvalue weighted by Gasteiger charge is -2.35. The second-order valence-corrected chi connectivity index (χ2v) is 7.54. The molecule has 0 atom stereocenters. The van der Waals surface area contributed by atoms with Gasteiger partial charge in [-0.15, -0.1) is 0 Å². The molecule has 1 saturated heterocycles. The second kappa shape index (κ2) is 9.96. The Morgan fingerprint density at radius 3 is 2.07 bits per heavy atom. The molecule has 8 heteroatoms. The lowest BCUT2D eigenvalue weighted by molar-refractivity contribution is 0.0140. The number of halogens is 2. The Balaban J connectivity index is 0.00000190. The van der Waals surface area contributed by atoms with Crippen LogP contribution in [0, 0.1) is 12.7 Å². The molecule has 0 bridgehead atoms. The molecule has 2 amide bonds. The van der Waals surface area contributed by atoms with E-state index in [1.165, 1.54) is 20.1 Å². The van der Waals surface area contributed by atoms with E-state index in [-0.39, 0.29) is 27.8 Å². The van der Waals surface area contributed by atoms with Gasteiger partial charge in [0.15, 0.2) is 11.6 Å². The summed E-state index contributed by atoms with van der Waals surface area (Å²) in [6, 6.07) is 1.42. The van der Waals surface area contributed by atoms with Crippen molar-refractivity contribution in [2.24, 2.45) is 0 Å². The zero-order chi connectivity index (χ0) is 21.6. The van der Waals surface area contributed by atoms with Gasteiger partial charge in [0.25, 0.3) is 5.91 Å². The van der Waals surface area contributed by atoms with E-state index in [2.05, 4.69) is 0 Å². The summed E-state index contributed by atoms with van der Waals surface area (Å²) in [5.74, 6) is -1.14. The first-order valence-electron chi connectivity index (χ1n) is 9.35. The van der Waals surface area contributed by atoms with Crippen molar-refractivity contribution in [2.75, 3.05) is 33.3 Å². The molecule has 1 aromatic carbocycles. The fourth-order valence-corrected chi connectivity index (χ4v) is 2.83. The lowest BCUT2D eigenvalue weighted by atomic mass is 10.1. The van der Waals surface area contributed by atoms with Crippen molar-refractivity contribution in [1.29, 1.82) is 0 Å². The van der Waals surface area contributed by atoms with E-state index in [0.717, 1.165) is 0 Å². The van der Waals surface area contributed by atoms with Crippen LogP contribution in [0.15, 0.2) is 6.07 Å². The monoisotopic (exact) mass is 416 g/mol. The van der Waals surface area contributed by atoms with Crippen LogP contribution < -0.4 is 4.74 Å². The number of hydrogen-bond acceptors (Lipinski definition) is 4. The molecule has 0 saturated carbocycles. The number of rotatable bonds is 2. The molecule has 6 nitrogen and oxygen atoms in total. The van der Waals surface area contributed by atoms with Crippen molar-refractivity contribution in [3.8, 4) is 5.75 Å². The summed E-state index contributed by atoms with van der Waals surface area (Å²) in [4.78, 5) is 28.0. The Hall–Kier alpha value is -2.02. The predicted molar refractivity (Wildman–Crippen MR) is 108 cm³/mol. The van der Waals surface area contributed by atoms with Crippen molar-refractivity contribution in [2.45, 2.75) is 47.1 Å². The van der Waals surface area contributed by atoms with Gasteiger partial charge in [-0.1, -0.05) is 25.4 Å². The quantitative estimate of drug-likeness (QED) is 0.711. The van der Waals surface area contributed by atoms with E-state index in [0.29, 0.717) is 26.2 Å². The highest BCUT2D eigenvalue weighted by Gasteiger charge is 2.30. The van der Waals surface area contributed by atoms with Crippen molar-refractivity contribution < 1.29 is 23.5 Å². The number of amides is 2. The van der Waals surface area contributed by atoms with Crippen LogP contribution in [-0.4, -0.2) is 60.7 Å². The molecule has 0 unspecified atom stereocenters. The van der Waals surface area contributed by atoms with Crippen molar-refractivity contribution in [3.63, 3.8) is 0 Å². The van der Waals surface area contributed by atoms with Crippen LogP contribution >= 0.6 is 11.6 Å². The van der Waals surface area contributed by atoms with Gasteiger partial charge in [-0.25, -0.2) is 9.18 Å². The van der Waals surface area contributed by atoms with Crippen molar-refractivity contribution in [3.05, 3.63) is 28.0 Å². The molecule has 0 spiro atoms. The molecule has 0 aromatic heterocycles. The summed E-state index contributed by atoms with van der Waals surface area (Å²) in [6.07, 6.45) is -0.411. The molecule has 28 heavy (non-hydrogen) atoms. The van der Waals surface area contributed by atoms with E-state index in [9.17, 15) is 14.0 Å². The number of carbonyl (C=O) groups excluding carboxylic acids is 2. The summed E-state index contributed by atoms with van der Waals surface area (Å²) < 4.78 is 24.7. The molecule has 2 rings (SSSR count). The van der Waals surface area contributed by atoms with Gasteiger partial charge in [0.2, 0.25) is 0 Å². The molecular weight excluding hydrogens is 387 g/mol. The molecule has 158 valence electrons. The zero-order valence-corrected chi connectivity index (χ0v) is 18.4. The van der Waals surface area contributed by atoms with E-state index in [4.69, 9.17) is 21.1 Å². The van der Waals surface area contributed by atoms with Gasteiger partial charge in [0.05, 0.1) is 12.7 Å². The number of hydrogen-bond donors (Lipinski definition) is 0. The number of methoxy groups -OCH3 is 1.